The van der Waals surface area contributed by atoms with Gasteiger partial charge in [0.25, 0.3) is 0 Å². The lowest BCUT2D eigenvalue weighted by molar-refractivity contribution is 0.0561. The van der Waals surface area contributed by atoms with Gasteiger partial charge in [-0.15, -0.1) is 0 Å². The number of ether oxygens (including phenoxy) is 1. The minimum atomic E-state index is -0.506. The molecule has 0 aromatic carbocycles. The van der Waals surface area contributed by atoms with E-state index in [1.165, 1.54) is 7.11 Å². The van der Waals surface area contributed by atoms with E-state index < -0.39 is 5.97 Å². The quantitative estimate of drug-likeness (QED) is 0.797. The van der Waals surface area contributed by atoms with Gasteiger partial charge in [-0.25, -0.2) is 4.79 Å². The zero-order valence-corrected chi connectivity index (χ0v) is 11.2. The van der Waals surface area contributed by atoms with Crippen LogP contribution in [0.4, 0.5) is 0 Å². The van der Waals surface area contributed by atoms with Crippen molar-refractivity contribution in [2.45, 2.75) is 20.4 Å². The molecule has 2 rings (SSSR count). The van der Waals surface area contributed by atoms with Crippen molar-refractivity contribution in [3.05, 3.63) is 43.9 Å². The monoisotopic (exact) mass is 267 g/mol. The highest BCUT2D eigenvalue weighted by Gasteiger charge is 2.17. The molecule has 0 radical (unpaired) electrons. The minimum Gasteiger partial charge on any atom is -0.463 e. The predicted octanol–water partition coefficient (Wildman–Crippen LogP) is 1.95. The number of nitrogens with zero attached hydrogens (tertiary/aromatic N) is 1. The van der Waals surface area contributed by atoms with Crippen LogP contribution in [0.2, 0.25) is 0 Å². The lowest BCUT2D eigenvalue weighted by Crippen LogP contribution is -2.14. The van der Waals surface area contributed by atoms with Gasteiger partial charge in [-0.2, -0.15) is 0 Å². The van der Waals surface area contributed by atoms with E-state index in [2.05, 4.69) is 4.74 Å². The summed E-state index contributed by atoms with van der Waals surface area (Å²) in [6, 6.07) is 1.75. The van der Waals surface area contributed by atoms with Crippen LogP contribution in [0.25, 0.3) is 0 Å². The van der Waals surface area contributed by atoms with Crippen molar-refractivity contribution in [1.82, 2.24) is 4.57 Å². The molecule has 0 spiro atoms. The first-order chi connectivity index (χ1) is 8.52. The highest BCUT2D eigenvalue weighted by Crippen LogP contribution is 2.17. The average molecular weight is 267 g/mol. The summed E-state index contributed by atoms with van der Waals surface area (Å²) >= 11 is 1.15. The van der Waals surface area contributed by atoms with Crippen molar-refractivity contribution in [2.24, 2.45) is 0 Å². The van der Waals surface area contributed by atoms with E-state index in [0.29, 0.717) is 17.9 Å². The zero-order valence-electron chi connectivity index (χ0n) is 10.4. The molecule has 0 atom stereocenters. The number of rotatable bonds is 3. The minimum absolute atomic E-state index is 0.0406. The normalized spacial score (nSPS) is 10.6. The molecule has 0 aliphatic carbocycles. The molecule has 2 heterocycles. The van der Waals surface area contributed by atoms with Crippen LogP contribution in [0.1, 0.15) is 27.6 Å². The van der Waals surface area contributed by atoms with Crippen LogP contribution in [0.5, 0.6) is 0 Å². The Morgan fingerprint density at radius 1 is 1.50 bits per heavy atom. The van der Waals surface area contributed by atoms with Crippen molar-refractivity contribution in [2.75, 3.05) is 7.11 Å². The third kappa shape index (κ3) is 2.24. The average Bonchev–Trinajstić information content (AvgIpc) is 2.86. The second kappa shape index (κ2) is 4.81. The molecule has 0 aliphatic rings. The second-order valence-corrected chi connectivity index (χ2v) is 4.77. The molecule has 0 aliphatic heterocycles. The van der Waals surface area contributed by atoms with Crippen LogP contribution in [0.15, 0.2) is 20.7 Å². The molecular weight excluding hydrogens is 254 g/mol. The van der Waals surface area contributed by atoms with Gasteiger partial charge in [-0.3, -0.25) is 9.36 Å². The summed E-state index contributed by atoms with van der Waals surface area (Å²) in [7, 11) is 1.30. The van der Waals surface area contributed by atoms with E-state index in [9.17, 15) is 9.59 Å². The number of furan rings is 1. The summed E-state index contributed by atoms with van der Waals surface area (Å²) in [4.78, 5) is 22.9. The number of carbonyl (C=O) groups excluding carboxylic acids is 1. The Hall–Kier alpha value is -1.82. The van der Waals surface area contributed by atoms with Crippen LogP contribution in [-0.4, -0.2) is 17.6 Å². The second-order valence-electron chi connectivity index (χ2n) is 3.95. The van der Waals surface area contributed by atoms with E-state index in [-0.39, 0.29) is 10.6 Å². The summed E-state index contributed by atoms with van der Waals surface area (Å²) in [5.41, 5.74) is 1.58. The van der Waals surface area contributed by atoms with E-state index in [1.54, 1.807) is 22.9 Å². The molecule has 96 valence electrons. The van der Waals surface area contributed by atoms with Crippen molar-refractivity contribution >= 4 is 17.3 Å². The van der Waals surface area contributed by atoms with Gasteiger partial charge in [-0.1, -0.05) is 11.3 Å². The lowest BCUT2D eigenvalue weighted by atomic mass is 10.2. The number of thiazole rings is 1. The third-order valence-corrected chi connectivity index (χ3v) is 3.51. The molecule has 0 amide bonds. The fraction of sp³-hybridized carbons (Fsp3) is 0.333. The van der Waals surface area contributed by atoms with Gasteiger partial charge in [0, 0.05) is 16.6 Å². The van der Waals surface area contributed by atoms with Crippen molar-refractivity contribution in [3.8, 4) is 0 Å². The SMILES string of the molecule is COC(=O)c1oc(Cn2c(C)csc2=O)cc1C. The van der Waals surface area contributed by atoms with E-state index in [1.807, 2.05) is 6.92 Å². The first kappa shape index (κ1) is 12.6. The van der Waals surface area contributed by atoms with Crippen LogP contribution in [0, 0.1) is 13.8 Å². The number of carbonyl (C=O) groups is 1. The molecule has 6 heteroatoms. The number of aryl methyl sites for hydroxylation is 2. The molecule has 18 heavy (non-hydrogen) atoms. The molecule has 0 saturated carbocycles. The van der Waals surface area contributed by atoms with Crippen molar-refractivity contribution < 1.29 is 13.9 Å². The standard InChI is InChI=1S/C12H13NO4S/c1-7-4-9(17-10(7)11(14)16-3)5-13-8(2)6-18-12(13)15/h4,6H,5H2,1-3H3. The Bertz CT molecular complexity index is 635. The maximum atomic E-state index is 11.6. The summed E-state index contributed by atoms with van der Waals surface area (Å²) in [6.45, 7) is 3.95. The van der Waals surface area contributed by atoms with Gasteiger partial charge in [0.2, 0.25) is 5.76 Å². The third-order valence-electron chi connectivity index (χ3n) is 2.63. The maximum Gasteiger partial charge on any atom is 0.374 e. The molecule has 2 aromatic heterocycles. The van der Waals surface area contributed by atoms with Gasteiger partial charge in [0.1, 0.15) is 5.76 Å². The van der Waals surface area contributed by atoms with E-state index >= 15 is 0 Å². The van der Waals surface area contributed by atoms with Crippen LogP contribution in [0.3, 0.4) is 0 Å². The van der Waals surface area contributed by atoms with E-state index in [4.69, 9.17) is 4.42 Å². The van der Waals surface area contributed by atoms with Gasteiger partial charge in [0.15, 0.2) is 0 Å². The summed E-state index contributed by atoms with van der Waals surface area (Å²) < 4.78 is 11.6. The molecule has 0 unspecified atom stereocenters. The fourth-order valence-electron chi connectivity index (χ4n) is 1.67. The number of esters is 1. The number of methoxy groups -OCH3 is 1. The Balaban J connectivity index is 2.31. The Kier molecular flexibility index (Phi) is 3.38. The smallest absolute Gasteiger partial charge is 0.374 e. The van der Waals surface area contributed by atoms with Crippen molar-refractivity contribution in [1.29, 1.82) is 0 Å². The maximum absolute atomic E-state index is 11.6. The molecule has 5 nitrogen and oxygen atoms in total. The van der Waals surface area contributed by atoms with Crippen LogP contribution >= 0.6 is 11.3 Å². The summed E-state index contributed by atoms with van der Waals surface area (Å²) in [5.74, 6) is 0.248. The zero-order chi connectivity index (χ0) is 13.3. The molecule has 2 aromatic rings. The Labute approximate surface area is 108 Å². The number of hydrogen-bond donors (Lipinski definition) is 0. The van der Waals surface area contributed by atoms with Gasteiger partial charge in [0.05, 0.1) is 13.7 Å². The molecular formula is C12H13NO4S. The highest BCUT2D eigenvalue weighted by molar-refractivity contribution is 7.07. The number of hydrogen-bond acceptors (Lipinski definition) is 5. The van der Waals surface area contributed by atoms with E-state index in [0.717, 1.165) is 17.0 Å². The number of aromatic nitrogens is 1. The van der Waals surface area contributed by atoms with Crippen molar-refractivity contribution in [3.63, 3.8) is 0 Å². The fourth-order valence-corrected chi connectivity index (χ4v) is 2.41. The highest BCUT2D eigenvalue weighted by atomic mass is 32.1. The lowest BCUT2D eigenvalue weighted by Gasteiger charge is -2.00. The summed E-state index contributed by atoms with van der Waals surface area (Å²) in [5, 5.41) is 1.79. The van der Waals surface area contributed by atoms with Crippen LogP contribution in [-0.2, 0) is 11.3 Å². The Morgan fingerprint density at radius 2 is 2.22 bits per heavy atom. The predicted molar refractivity (Wildman–Crippen MR) is 67.2 cm³/mol. The first-order valence-corrected chi connectivity index (χ1v) is 6.23. The topological polar surface area (TPSA) is 61.4 Å². The largest absolute Gasteiger partial charge is 0.463 e. The molecule has 0 bridgehead atoms. The first-order valence-electron chi connectivity index (χ1n) is 5.35. The van der Waals surface area contributed by atoms with Gasteiger partial charge < -0.3 is 9.15 Å². The van der Waals surface area contributed by atoms with Crippen LogP contribution < -0.4 is 4.87 Å². The molecule has 0 fully saturated rings. The summed E-state index contributed by atoms with van der Waals surface area (Å²) in [6.07, 6.45) is 0. The van der Waals surface area contributed by atoms with Gasteiger partial charge >= 0.3 is 10.8 Å². The molecule has 0 saturated heterocycles. The Morgan fingerprint density at radius 3 is 2.78 bits per heavy atom. The molecule has 0 N–H and O–H groups in total. The van der Waals surface area contributed by atoms with Gasteiger partial charge in [-0.05, 0) is 19.9 Å².